The summed E-state index contributed by atoms with van der Waals surface area (Å²) >= 11 is -3.10. The maximum atomic E-state index is 11.0. The molecule has 0 spiro atoms. The van der Waals surface area contributed by atoms with Gasteiger partial charge < -0.3 is 0 Å². The fourth-order valence-corrected chi connectivity index (χ4v) is 12.4. The van der Waals surface area contributed by atoms with Crippen molar-refractivity contribution in [3.05, 3.63) is 47.3 Å². The van der Waals surface area contributed by atoms with Gasteiger partial charge in [-0.25, -0.2) is 0 Å². The van der Waals surface area contributed by atoms with Crippen molar-refractivity contribution in [1.29, 1.82) is 0 Å². The van der Waals surface area contributed by atoms with Crippen molar-refractivity contribution < 1.29 is 37.5 Å². The van der Waals surface area contributed by atoms with E-state index < -0.39 is 27.9 Å². The van der Waals surface area contributed by atoms with Gasteiger partial charge in [-0.15, -0.1) is 0 Å². The molecule has 0 aromatic carbocycles. The summed E-state index contributed by atoms with van der Waals surface area (Å²) in [6, 6.07) is 0. The minimum absolute atomic E-state index is 0.218. The molecule has 0 aliphatic heterocycles. The fourth-order valence-electron chi connectivity index (χ4n) is 3.96. The van der Waals surface area contributed by atoms with Gasteiger partial charge in [-0.05, 0) is 0 Å². The Hall–Kier alpha value is -1.21. The van der Waals surface area contributed by atoms with E-state index in [4.69, 9.17) is 0 Å². The molecule has 35 heavy (non-hydrogen) atoms. The molecule has 0 rings (SSSR count). The van der Waals surface area contributed by atoms with E-state index in [0.29, 0.717) is 0 Å². The van der Waals surface area contributed by atoms with Crippen LogP contribution in [0.25, 0.3) is 0 Å². The van der Waals surface area contributed by atoms with Crippen LogP contribution in [0.3, 0.4) is 0 Å². The van der Waals surface area contributed by atoms with Crippen LogP contribution >= 0.6 is 0 Å². The number of aliphatic hydroxyl groups excluding tert-OH is 4. The van der Waals surface area contributed by atoms with E-state index in [1.807, 2.05) is 69.2 Å². The topological polar surface area (TPSA) is 87.4 Å². The van der Waals surface area contributed by atoms with Crippen molar-refractivity contribution in [2.45, 2.75) is 78.7 Å². The molecule has 0 fully saturated rings. The van der Waals surface area contributed by atoms with E-state index in [1.54, 1.807) is 24.3 Å². The predicted octanol–water partition coefficient (Wildman–Crippen LogP) is 7.84. The molecular weight excluding hydrogens is 476 g/mol. The third-order valence-corrected chi connectivity index (χ3v) is 16.6. The van der Waals surface area contributed by atoms with Gasteiger partial charge in [-0.3, -0.25) is 0 Å². The van der Waals surface area contributed by atoms with Gasteiger partial charge in [-0.1, -0.05) is 0 Å². The number of nitrogens with zero attached hydrogens (tertiary/aromatic N) is 2. The Kier molecular flexibility index (Phi) is 11.5. The molecule has 0 saturated carbocycles. The first kappa shape index (κ1) is 33.8. The molecule has 0 saturated heterocycles. The summed E-state index contributed by atoms with van der Waals surface area (Å²) < 4.78 is 6.13. The van der Waals surface area contributed by atoms with E-state index in [-0.39, 0.29) is 33.9 Å². The number of hydrogen-bond donors (Lipinski definition) is 4. The fraction of sp³-hybridized carbons (Fsp3) is 0.714. The Labute approximate surface area is 219 Å². The average molecular weight is 531 g/mol. The number of aliphatic hydroxyl groups is 4. The Balaban J connectivity index is 6.35. The van der Waals surface area contributed by atoms with E-state index in [1.165, 1.54) is 0 Å². The SMILES string of the molecule is C[N](C)[Ti]([CH2]C(C)(C)C(O)=CC=C(O)C(C)(C)C)([CH2]C(C)(C)C(O)=CC=C(O)C(C)(C)C)[N](C)C. The number of hydrogen-bond acceptors (Lipinski definition) is 6. The number of allylic oxidation sites excluding steroid dienone is 8. The second-order valence-corrected chi connectivity index (χ2v) is 20.6. The molecule has 0 unspecified atom stereocenters. The molecule has 6 nitrogen and oxygen atoms in total. The summed E-state index contributed by atoms with van der Waals surface area (Å²) in [5.41, 5.74) is -1.86. The van der Waals surface area contributed by atoms with Gasteiger partial charge >= 0.3 is 220 Å². The van der Waals surface area contributed by atoms with Gasteiger partial charge in [0.2, 0.25) is 0 Å². The van der Waals surface area contributed by atoms with Gasteiger partial charge in [0.05, 0.1) is 0 Å². The van der Waals surface area contributed by atoms with Gasteiger partial charge in [0, 0.05) is 0 Å². The Morgan fingerprint density at radius 1 is 0.514 bits per heavy atom. The normalized spacial score (nSPS) is 16.5. The zero-order valence-corrected chi connectivity index (χ0v) is 26.5. The summed E-state index contributed by atoms with van der Waals surface area (Å²) in [4.78, 5) is 0. The van der Waals surface area contributed by atoms with Crippen LogP contribution in [0.1, 0.15) is 69.2 Å². The van der Waals surface area contributed by atoms with Crippen LogP contribution in [0.5, 0.6) is 0 Å². The van der Waals surface area contributed by atoms with E-state index in [0.717, 1.165) is 9.45 Å². The second-order valence-electron chi connectivity index (χ2n) is 13.6. The van der Waals surface area contributed by atoms with Crippen molar-refractivity contribution in [3.63, 3.8) is 0 Å². The molecule has 204 valence electrons. The molecule has 7 heteroatoms. The van der Waals surface area contributed by atoms with Crippen LogP contribution in [0, 0.1) is 21.7 Å². The first-order valence-corrected chi connectivity index (χ1v) is 16.0. The monoisotopic (exact) mass is 530 g/mol. The second kappa shape index (κ2) is 11.9. The van der Waals surface area contributed by atoms with Crippen molar-refractivity contribution in [2.75, 3.05) is 28.2 Å². The molecule has 0 heterocycles. The van der Waals surface area contributed by atoms with Crippen molar-refractivity contribution in [2.24, 2.45) is 21.7 Å². The first-order valence-electron chi connectivity index (χ1n) is 12.4. The van der Waals surface area contributed by atoms with Crippen LogP contribution in [0.4, 0.5) is 0 Å². The zero-order valence-electron chi connectivity index (χ0n) is 24.9. The van der Waals surface area contributed by atoms with Crippen LogP contribution in [0.15, 0.2) is 47.3 Å². The Bertz CT molecular complexity index is 766. The standard InChI is InChI=1S/2C12H21O2.2C2H6N.Ti/c2*1-11(2,3)9(13)7-8-10(14)12(4,5)6;2*1-3-2;/h2*7-8,13-14H,1H2,2-6H3;2*1-2H3;/q;;2*-1;+2. The van der Waals surface area contributed by atoms with Crippen LogP contribution in [-0.2, 0) is 17.1 Å². The third kappa shape index (κ3) is 9.64. The molecule has 0 aromatic rings. The van der Waals surface area contributed by atoms with Crippen LogP contribution in [0.2, 0.25) is 9.45 Å². The van der Waals surface area contributed by atoms with Crippen molar-refractivity contribution in [1.82, 2.24) is 6.76 Å². The van der Waals surface area contributed by atoms with Gasteiger partial charge in [-0.2, -0.15) is 0 Å². The predicted molar refractivity (Wildman–Crippen MR) is 146 cm³/mol. The Morgan fingerprint density at radius 3 is 0.943 bits per heavy atom. The molecule has 4 N–H and O–H groups in total. The van der Waals surface area contributed by atoms with E-state index in [2.05, 4.69) is 35.0 Å². The first-order chi connectivity index (χ1) is 15.4. The van der Waals surface area contributed by atoms with Crippen LogP contribution in [-0.4, -0.2) is 55.4 Å². The summed E-state index contributed by atoms with van der Waals surface area (Å²) in [6.07, 6.45) is 6.40. The minimum atomic E-state index is -3.10. The van der Waals surface area contributed by atoms with Gasteiger partial charge in [0.25, 0.3) is 0 Å². The molecule has 0 bridgehead atoms. The molecule has 0 aliphatic carbocycles. The molecular formula is C28H54N2O4Ti. The van der Waals surface area contributed by atoms with Crippen molar-refractivity contribution in [3.8, 4) is 0 Å². The summed E-state index contributed by atoms with van der Waals surface area (Å²) in [5, 5.41) is 42.7. The van der Waals surface area contributed by atoms with E-state index >= 15 is 0 Å². The summed E-state index contributed by atoms with van der Waals surface area (Å²) in [7, 11) is 8.35. The number of rotatable bonds is 10. The molecule has 0 aliphatic rings. The van der Waals surface area contributed by atoms with Crippen molar-refractivity contribution >= 4 is 0 Å². The quantitative estimate of drug-likeness (QED) is 0.131. The average Bonchev–Trinajstić information content (AvgIpc) is 2.66. The summed E-state index contributed by atoms with van der Waals surface area (Å²) in [5.74, 6) is 0.886. The third-order valence-electron chi connectivity index (χ3n) is 6.84. The zero-order chi connectivity index (χ0) is 28.2. The molecule has 0 atom stereocenters. The maximum absolute atomic E-state index is 11.0. The summed E-state index contributed by atoms with van der Waals surface area (Å²) in [6.45, 7) is 19.6. The molecule has 0 aromatic heterocycles. The van der Waals surface area contributed by atoms with E-state index in [9.17, 15) is 20.4 Å². The van der Waals surface area contributed by atoms with Crippen LogP contribution < -0.4 is 0 Å². The molecule has 0 amide bonds. The van der Waals surface area contributed by atoms with Gasteiger partial charge in [0.1, 0.15) is 0 Å². The Morgan fingerprint density at radius 2 is 0.743 bits per heavy atom. The molecule has 0 radical (unpaired) electrons. The van der Waals surface area contributed by atoms with Gasteiger partial charge in [0.15, 0.2) is 0 Å².